The van der Waals surface area contributed by atoms with Gasteiger partial charge in [-0.15, -0.1) is 0 Å². The molecule has 0 unspecified atom stereocenters. The molecule has 0 aliphatic rings. The summed E-state index contributed by atoms with van der Waals surface area (Å²) in [5.41, 5.74) is 10.0. The highest BCUT2D eigenvalue weighted by Crippen LogP contribution is 2.34. The van der Waals surface area contributed by atoms with E-state index >= 15 is 0 Å². The van der Waals surface area contributed by atoms with E-state index in [9.17, 15) is 0 Å². The molecule has 3 N–H and O–H groups in total. The lowest BCUT2D eigenvalue weighted by Gasteiger charge is -2.14. The maximum Gasteiger partial charge on any atom is 0.220 e. The van der Waals surface area contributed by atoms with E-state index in [1.807, 2.05) is 68.7 Å². The number of rotatable bonds is 9. The molecule has 0 bridgehead atoms. The van der Waals surface area contributed by atoms with Gasteiger partial charge in [0.15, 0.2) is 0 Å². The molecule has 0 radical (unpaired) electrons. The number of aromatic nitrogens is 4. The molecule has 4 aromatic rings. The number of nitrogens with zero attached hydrogens (tertiary/aromatic N) is 5. The molecule has 0 saturated carbocycles. The van der Waals surface area contributed by atoms with Crippen LogP contribution in [-0.2, 0) is 6.61 Å². The Hall–Kier alpha value is -4.04. The molecule has 0 saturated heterocycles. The molecule has 2 aromatic heterocycles. The van der Waals surface area contributed by atoms with E-state index in [1.54, 1.807) is 18.6 Å². The first-order valence-electron chi connectivity index (χ1n) is 10.7. The van der Waals surface area contributed by atoms with Crippen molar-refractivity contribution in [1.82, 2.24) is 24.8 Å². The summed E-state index contributed by atoms with van der Waals surface area (Å²) in [6.07, 6.45) is 5.10. The number of nitrogens with one attached hydrogen (secondary N) is 1. The maximum atomic E-state index is 6.19. The van der Waals surface area contributed by atoms with E-state index in [4.69, 9.17) is 15.5 Å². The smallest absolute Gasteiger partial charge is 0.220 e. The van der Waals surface area contributed by atoms with Crippen molar-refractivity contribution < 1.29 is 4.74 Å². The van der Waals surface area contributed by atoms with Gasteiger partial charge in [-0.2, -0.15) is 0 Å². The van der Waals surface area contributed by atoms with Crippen molar-refractivity contribution in [2.75, 3.05) is 38.2 Å². The zero-order valence-corrected chi connectivity index (χ0v) is 18.8. The third-order valence-corrected chi connectivity index (χ3v) is 4.96. The van der Waals surface area contributed by atoms with Crippen LogP contribution < -0.4 is 15.8 Å². The summed E-state index contributed by atoms with van der Waals surface area (Å²) < 4.78 is 6.19. The molecule has 168 valence electrons. The molecular weight excluding hydrogens is 414 g/mol. The molecule has 0 spiro atoms. The second kappa shape index (κ2) is 10.5. The van der Waals surface area contributed by atoms with Crippen LogP contribution in [0.4, 0.5) is 11.8 Å². The molecule has 4 rings (SSSR count). The van der Waals surface area contributed by atoms with Gasteiger partial charge in [0, 0.05) is 30.4 Å². The van der Waals surface area contributed by atoms with E-state index in [1.165, 1.54) is 0 Å². The van der Waals surface area contributed by atoms with Gasteiger partial charge in [-0.1, -0.05) is 30.3 Å². The fraction of sp³-hybridized carbons (Fsp3) is 0.200. The molecule has 0 aliphatic heterocycles. The Labute approximate surface area is 193 Å². The molecule has 0 fully saturated rings. The van der Waals surface area contributed by atoms with E-state index in [0.717, 1.165) is 35.5 Å². The summed E-state index contributed by atoms with van der Waals surface area (Å²) in [4.78, 5) is 19.6. The molecular formula is C25H27N7O. The highest BCUT2D eigenvalue weighted by atomic mass is 16.5. The van der Waals surface area contributed by atoms with Crippen LogP contribution in [0.5, 0.6) is 5.75 Å². The predicted octanol–water partition coefficient (Wildman–Crippen LogP) is 3.74. The van der Waals surface area contributed by atoms with Gasteiger partial charge in [0.2, 0.25) is 5.95 Å². The fourth-order valence-electron chi connectivity index (χ4n) is 3.27. The van der Waals surface area contributed by atoms with Crippen molar-refractivity contribution in [2.45, 2.75) is 6.61 Å². The summed E-state index contributed by atoms with van der Waals surface area (Å²) in [5.74, 6) is 1.65. The Morgan fingerprint density at radius 2 is 1.82 bits per heavy atom. The second-order valence-electron chi connectivity index (χ2n) is 7.80. The highest BCUT2D eigenvalue weighted by molar-refractivity contribution is 5.75. The quantitative estimate of drug-likeness (QED) is 0.405. The second-order valence-corrected chi connectivity index (χ2v) is 7.80. The third-order valence-electron chi connectivity index (χ3n) is 4.96. The first-order chi connectivity index (χ1) is 16.1. The summed E-state index contributed by atoms with van der Waals surface area (Å²) in [5, 5.41) is 3.32. The minimum Gasteiger partial charge on any atom is -0.488 e. The monoisotopic (exact) mass is 441 g/mol. The van der Waals surface area contributed by atoms with Crippen LogP contribution >= 0.6 is 0 Å². The predicted molar refractivity (Wildman–Crippen MR) is 131 cm³/mol. The maximum absolute atomic E-state index is 6.19. The van der Waals surface area contributed by atoms with Crippen LogP contribution in [0.2, 0.25) is 0 Å². The molecule has 2 heterocycles. The minimum absolute atomic E-state index is 0.227. The molecule has 0 aliphatic carbocycles. The largest absolute Gasteiger partial charge is 0.488 e. The topological polar surface area (TPSA) is 102 Å². The Morgan fingerprint density at radius 1 is 0.970 bits per heavy atom. The van der Waals surface area contributed by atoms with Crippen molar-refractivity contribution in [2.24, 2.45) is 0 Å². The van der Waals surface area contributed by atoms with Gasteiger partial charge < -0.3 is 20.7 Å². The van der Waals surface area contributed by atoms with Crippen molar-refractivity contribution in [3.8, 4) is 28.3 Å². The average molecular weight is 442 g/mol. The van der Waals surface area contributed by atoms with Gasteiger partial charge in [-0.05, 0) is 43.9 Å². The van der Waals surface area contributed by atoms with Crippen LogP contribution in [0, 0.1) is 0 Å². The molecule has 8 nitrogen and oxygen atoms in total. The summed E-state index contributed by atoms with van der Waals surface area (Å²) in [6, 6.07) is 17.8. The molecule has 0 atom stereocenters. The van der Waals surface area contributed by atoms with Crippen molar-refractivity contribution in [1.29, 1.82) is 0 Å². The van der Waals surface area contributed by atoms with Gasteiger partial charge in [-0.3, -0.25) is 4.98 Å². The Bertz CT molecular complexity index is 1200. The lowest BCUT2D eigenvalue weighted by molar-refractivity contribution is 0.307. The summed E-state index contributed by atoms with van der Waals surface area (Å²) in [6.45, 7) is 2.10. The first kappa shape index (κ1) is 22.2. The van der Waals surface area contributed by atoms with Crippen molar-refractivity contribution >= 4 is 11.8 Å². The Kier molecular flexibility index (Phi) is 7.06. The van der Waals surface area contributed by atoms with E-state index in [0.29, 0.717) is 23.9 Å². The zero-order valence-electron chi connectivity index (χ0n) is 18.8. The van der Waals surface area contributed by atoms with E-state index < -0.39 is 0 Å². The Morgan fingerprint density at radius 3 is 2.61 bits per heavy atom. The number of ether oxygens (including phenoxy) is 1. The summed E-state index contributed by atoms with van der Waals surface area (Å²) >= 11 is 0. The lowest BCUT2D eigenvalue weighted by atomic mass is 10.0. The van der Waals surface area contributed by atoms with Crippen LogP contribution in [-0.4, -0.2) is 52.0 Å². The van der Waals surface area contributed by atoms with Gasteiger partial charge in [-0.25, -0.2) is 15.0 Å². The standard InChI is InChI=1S/C25H27N7O/c1-32(2)13-12-28-24-16-27-15-22(30-24)20-14-19(21-10-11-29-25(26)31-21)8-9-23(20)33-17-18-6-4-3-5-7-18/h3-11,14-16H,12-13,17H2,1-2H3,(H,28,30)(H2,26,29,31). The normalized spacial score (nSPS) is 10.9. The molecule has 8 heteroatoms. The number of hydrogen-bond donors (Lipinski definition) is 2. The minimum atomic E-state index is 0.227. The van der Waals surface area contributed by atoms with E-state index in [2.05, 4.69) is 25.2 Å². The van der Waals surface area contributed by atoms with Crippen molar-refractivity contribution in [3.05, 3.63) is 78.8 Å². The van der Waals surface area contributed by atoms with Gasteiger partial charge in [0.05, 0.1) is 23.8 Å². The zero-order chi connectivity index (χ0) is 23.0. The van der Waals surface area contributed by atoms with Gasteiger partial charge >= 0.3 is 0 Å². The SMILES string of the molecule is CN(C)CCNc1cncc(-c2cc(-c3ccnc(N)n3)ccc2OCc2ccccc2)n1. The van der Waals surface area contributed by atoms with Crippen LogP contribution in [0.25, 0.3) is 22.5 Å². The van der Waals surface area contributed by atoms with Crippen LogP contribution in [0.3, 0.4) is 0 Å². The van der Waals surface area contributed by atoms with Crippen molar-refractivity contribution in [3.63, 3.8) is 0 Å². The average Bonchev–Trinajstić information content (AvgIpc) is 2.83. The number of hydrogen-bond acceptors (Lipinski definition) is 8. The number of nitrogen functional groups attached to an aromatic ring is 1. The first-order valence-corrected chi connectivity index (χ1v) is 10.7. The van der Waals surface area contributed by atoms with Gasteiger partial charge in [0.25, 0.3) is 0 Å². The molecule has 33 heavy (non-hydrogen) atoms. The summed E-state index contributed by atoms with van der Waals surface area (Å²) in [7, 11) is 4.07. The lowest BCUT2D eigenvalue weighted by Crippen LogP contribution is -2.21. The third kappa shape index (κ3) is 6.02. The number of likely N-dealkylation sites (N-methyl/N-ethyl adjacent to an activating group) is 1. The number of anilines is 2. The molecule has 0 amide bonds. The van der Waals surface area contributed by atoms with Crippen LogP contribution in [0.15, 0.2) is 73.2 Å². The van der Waals surface area contributed by atoms with E-state index in [-0.39, 0.29) is 5.95 Å². The Balaban J connectivity index is 1.67. The van der Waals surface area contributed by atoms with Crippen LogP contribution in [0.1, 0.15) is 5.56 Å². The number of nitrogens with two attached hydrogens (primary N) is 1. The number of benzene rings is 2. The highest BCUT2D eigenvalue weighted by Gasteiger charge is 2.13. The van der Waals surface area contributed by atoms with Gasteiger partial charge in [0.1, 0.15) is 18.2 Å². The molecule has 2 aromatic carbocycles. The fourth-order valence-corrected chi connectivity index (χ4v) is 3.27.